The van der Waals surface area contributed by atoms with Crippen LogP contribution in [0.25, 0.3) is 0 Å². The molecule has 0 aliphatic rings. The molecule has 1 rings (SSSR count). The van der Waals surface area contributed by atoms with Crippen molar-refractivity contribution in [1.82, 2.24) is 0 Å². The summed E-state index contributed by atoms with van der Waals surface area (Å²) in [6.07, 6.45) is 0. The molecule has 1 aromatic carbocycles. The van der Waals surface area contributed by atoms with Gasteiger partial charge in [-0.1, -0.05) is 11.6 Å². The maximum atomic E-state index is 9.01. The molecule has 14 heavy (non-hydrogen) atoms. The van der Waals surface area contributed by atoms with Gasteiger partial charge in [-0.2, -0.15) is 0 Å². The lowest BCUT2D eigenvalue weighted by Gasteiger charge is -2.14. The van der Waals surface area contributed by atoms with Crippen LogP contribution < -0.4 is 4.74 Å². The molecule has 1 radical (unpaired) electrons. The fraction of sp³-hybridized carbons (Fsp3) is 0.364. The van der Waals surface area contributed by atoms with E-state index in [1.54, 1.807) is 18.2 Å². The quantitative estimate of drug-likeness (QED) is 0.833. The third kappa shape index (κ3) is 2.63. The van der Waals surface area contributed by atoms with Gasteiger partial charge in [0.15, 0.2) is 0 Å². The molecule has 0 fully saturated rings. The van der Waals surface area contributed by atoms with Gasteiger partial charge in [0.1, 0.15) is 5.75 Å². The monoisotopic (exact) mass is 213 g/mol. The van der Waals surface area contributed by atoms with Crippen LogP contribution in [-0.4, -0.2) is 18.3 Å². The molecule has 3 heteroatoms. The van der Waals surface area contributed by atoms with Crippen molar-refractivity contribution in [2.24, 2.45) is 0 Å². The molecule has 0 saturated heterocycles. The fourth-order valence-corrected chi connectivity index (χ4v) is 1.40. The van der Waals surface area contributed by atoms with E-state index in [9.17, 15) is 0 Å². The minimum atomic E-state index is -0.199. The van der Waals surface area contributed by atoms with Crippen molar-refractivity contribution in [3.63, 3.8) is 0 Å². The predicted molar refractivity (Wildman–Crippen MR) is 57.8 cm³/mol. The van der Waals surface area contributed by atoms with Gasteiger partial charge in [0, 0.05) is 16.5 Å². The summed E-state index contributed by atoms with van der Waals surface area (Å²) < 4.78 is 5.41. The highest BCUT2D eigenvalue weighted by Crippen LogP contribution is 2.29. The van der Waals surface area contributed by atoms with E-state index >= 15 is 0 Å². The van der Waals surface area contributed by atoms with E-state index in [4.69, 9.17) is 21.4 Å². The second kappa shape index (κ2) is 5.23. The molecule has 0 heterocycles. The lowest BCUT2D eigenvalue weighted by Crippen LogP contribution is -2.03. The van der Waals surface area contributed by atoms with Gasteiger partial charge in [-0.25, -0.2) is 0 Å². The minimum absolute atomic E-state index is 0.0135. The van der Waals surface area contributed by atoms with Crippen LogP contribution in [0.15, 0.2) is 18.2 Å². The smallest absolute Gasteiger partial charge is 0.122 e. The summed E-state index contributed by atoms with van der Waals surface area (Å²) in [5, 5.41) is 9.64. The summed E-state index contributed by atoms with van der Waals surface area (Å²) in [5.74, 6) is 0.543. The van der Waals surface area contributed by atoms with Crippen LogP contribution in [0.4, 0.5) is 0 Å². The Balaban J connectivity index is 3.02. The van der Waals surface area contributed by atoms with Crippen molar-refractivity contribution in [1.29, 1.82) is 0 Å². The zero-order valence-electron chi connectivity index (χ0n) is 8.16. The first kappa shape index (κ1) is 11.3. The third-order valence-electron chi connectivity index (χ3n) is 1.93. The van der Waals surface area contributed by atoms with E-state index in [2.05, 4.69) is 6.92 Å². The number of benzene rings is 1. The Morgan fingerprint density at radius 3 is 2.86 bits per heavy atom. The average Bonchev–Trinajstić information content (AvgIpc) is 2.20. The van der Waals surface area contributed by atoms with Crippen molar-refractivity contribution in [2.75, 3.05) is 13.2 Å². The molecular formula is C11H14ClO2. The molecule has 0 saturated carbocycles. The van der Waals surface area contributed by atoms with Crippen molar-refractivity contribution in [3.8, 4) is 5.75 Å². The zero-order valence-corrected chi connectivity index (χ0v) is 8.92. The van der Waals surface area contributed by atoms with E-state index in [1.165, 1.54) is 0 Å². The molecule has 2 nitrogen and oxygen atoms in total. The lowest BCUT2D eigenvalue weighted by molar-refractivity contribution is 0.276. The second-order valence-corrected chi connectivity index (χ2v) is 3.43. The van der Waals surface area contributed by atoms with Gasteiger partial charge in [0.25, 0.3) is 0 Å². The van der Waals surface area contributed by atoms with E-state index < -0.39 is 0 Å². The topological polar surface area (TPSA) is 29.5 Å². The van der Waals surface area contributed by atoms with Gasteiger partial charge in [-0.3, -0.25) is 0 Å². The number of hydrogen-bond acceptors (Lipinski definition) is 2. The minimum Gasteiger partial charge on any atom is -0.494 e. The molecule has 1 aromatic rings. The maximum absolute atomic E-state index is 9.01. The van der Waals surface area contributed by atoms with Crippen molar-refractivity contribution < 1.29 is 9.84 Å². The van der Waals surface area contributed by atoms with E-state index in [1.807, 2.05) is 6.92 Å². The lowest BCUT2D eigenvalue weighted by atomic mass is 10.0. The van der Waals surface area contributed by atoms with Crippen molar-refractivity contribution >= 4 is 11.6 Å². The molecule has 0 amide bonds. The predicted octanol–water partition coefficient (Wildman–Crippen LogP) is 2.65. The Bertz CT molecular complexity index is 299. The SMILES string of the molecule is [CH2]C(CO)c1cc(Cl)ccc1OCC. The summed E-state index contributed by atoms with van der Waals surface area (Å²) >= 11 is 5.85. The van der Waals surface area contributed by atoms with Gasteiger partial charge < -0.3 is 9.84 Å². The summed E-state index contributed by atoms with van der Waals surface area (Å²) in [6.45, 7) is 6.31. The highest BCUT2D eigenvalue weighted by molar-refractivity contribution is 6.30. The average molecular weight is 214 g/mol. The number of aliphatic hydroxyl groups is 1. The Kier molecular flexibility index (Phi) is 4.23. The first-order chi connectivity index (χ1) is 6.69. The summed E-state index contributed by atoms with van der Waals surface area (Å²) in [4.78, 5) is 0. The molecule has 1 atom stereocenters. The maximum Gasteiger partial charge on any atom is 0.122 e. The normalized spacial score (nSPS) is 12.6. The van der Waals surface area contributed by atoms with Gasteiger partial charge in [-0.05, 0) is 32.0 Å². The molecule has 1 N–H and O–H groups in total. The van der Waals surface area contributed by atoms with Gasteiger partial charge >= 0.3 is 0 Å². The summed E-state index contributed by atoms with van der Waals surface area (Å²) in [7, 11) is 0. The van der Waals surface area contributed by atoms with Crippen LogP contribution in [-0.2, 0) is 0 Å². The van der Waals surface area contributed by atoms with Gasteiger partial charge in [0.2, 0.25) is 0 Å². The summed E-state index contributed by atoms with van der Waals surface area (Å²) in [5.41, 5.74) is 0.849. The van der Waals surface area contributed by atoms with Crippen LogP contribution >= 0.6 is 11.6 Å². The first-order valence-electron chi connectivity index (χ1n) is 4.55. The molecule has 0 spiro atoms. The molecule has 0 aromatic heterocycles. The van der Waals surface area contributed by atoms with Crippen LogP contribution in [0.5, 0.6) is 5.75 Å². The molecular weight excluding hydrogens is 200 g/mol. The van der Waals surface area contributed by atoms with Crippen LogP contribution in [0.3, 0.4) is 0 Å². The molecule has 0 aliphatic carbocycles. The number of aliphatic hydroxyl groups excluding tert-OH is 1. The largest absolute Gasteiger partial charge is 0.494 e. The van der Waals surface area contributed by atoms with Crippen molar-refractivity contribution in [3.05, 3.63) is 35.7 Å². The molecule has 0 bridgehead atoms. The van der Waals surface area contributed by atoms with E-state index in [-0.39, 0.29) is 12.5 Å². The molecule has 77 valence electrons. The standard InChI is InChI=1S/C11H14ClO2/c1-3-14-11-5-4-9(12)6-10(11)8(2)7-13/h4-6,8,13H,2-3,7H2,1H3. The number of halogens is 1. The van der Waals surface area contributed by atoms with Crippen molar-refractivity contribution in [2.45, 2.75) is 12.8 Å². The molecule has 0 aliphatic heterocycles. The second-order valence-electron chi connectivity index (χ2n) is 2.99. The van der Waals surface area contributed by atoms with Gasteiger partial charge in [-0.15, -0.1) is 0 Å². The van der Waals surface area contributed by atoms with E-state index in [0.29, 0.717) is 11.6 Å². The number of ether oxygens (including phenoxy) is 1. The number of rotatable bonds is 4. The molecule has 1 unspecified atom stereocenters. The number of hydrogen-bond donors (Lipinski definition) is 1. The Hall–Kier alpha value is -0.730. The van der Waals surface area contributed by atoms with Gasteiger partial charge in [0.05, 0.1) is 13.2 Å². The Morgan fingerprint density at radius 1 is 1.57 bits per heavy atom. The summed E-state index contributed by atoms with van der Waals surface area (Å²) in [6, 6.07) is 5.34. The van der Waals surface area contributed by atoms with Crippen LogP contribution in [0.2, 0.25) is 5.02 Å². The zero-order chi connectivity index (χ0) is 10.6. The Morgan fingerprint density at radius 2 is 2.29 bits per heavy atom. The fourth-order valence-electron chi connectivity index (χ4n) is 1.22. The van der Waals surface area contributed by atoms with Crippen LogP contribution in [0.1, 0.15) is 18.4 Å². The highest BCUT2D eigenvalue weighted by Gasteiger charge is 2.11. The van der Waals surface area contributed by atoms with Crippen LogP contribution in [0, 0.1) is 6.92 Å². The highest BCUT2D eigenvalue weighted by atomic mass is 35.5. The first-order valence-corrected chi connectivity index (χ1v) is 4.93. The van der Waals surface area contributed by atoms with E-state index in [0.717, 1.165) is 11.3 Å². The Labute approximate surface area is 89.5 Å². The third-order valence-corrected chi connectivity index (χ3v) is 2.17.